The number of hydrogen-bond donors (Lipinski definition) is 0. The average Bonchev–Trinajstić information content (AvgIpc) is 1.94. The molecule has 0 heterocycles. The van der Waals surface area contributed by atoms with Gasteiger partial charge in [-0.2, -0.15) is 26.3 Å². The summed E-state index contributed by atoms with van der Waals surface area (Å²) in [6.07, 6.45) is -14.8. The van der Waals surface area contributed by atoms with Gasteiger partial charge in [0.05, 0.1) is 5.76 Å². The van der Waals surface area contributed by atoms with E-state index >= 15 is 0 Å². The summed E-state index contributed by atoms with van der Waals surface area (Å²) < 4.78 is 75.5. The number of rotatable bonds is 3. The molecule has 0 aliphatic carbocycles. The predicted octanol–water partition coefficient (Wildman–Crippen LogP) is 3.67. The fourth-order valence-electron chi connectivity index (χ4n) is 0.607. The second-order valence-electron chi connectivity index (χ2n) is 3.20. The maximum atomic E-state index is 12.0. The molecule has 0 spiro atoms. The summed E-state index contributed by atoms with van der Waals surface area (Å²) >= 11 is 0. The highest BCUT2D eigenvalue weighted by atomic mass is 19.4. The molecule has 0 saturated heterocycles. The van der Waals surface area contributed by atoms with E-state index < -0.39 is 30.1 Å². The Kier molecular flexibility index (Phi) is 4.07. The zero-order valence-electron chi connectivity index (χ0n) is 8.04. The van der Waals surface area contributed by atoms with Crippen molar-refractivity contribution in [2.75, 3.05) is 0 Å². The van der Waals surface area contributed by atoms with Crippen LogP contribution in [0.25, 0.3) is 0 Å². The Morgan fingerprint density at radius 3 is 1.53 bits per heavy atom. The van der Waals surface area contributed by atoms with Crippen molar-refractivity contribution in [2.24, 2.45) is 5.92 Å². The molecule has 0 fully saturated rings. The van der Waals surface area contributed by atoms with Crippen LogP contribution in [0, 0.1) is 5.92 Å². The third kappa shape index (κ3) is 4.44. The van der Waals surface area contributed by atoms with Gasteiger partial charge in [0, 0.05) is 5.92 Å². The van der Waals surface area contributed by atoms with Crippen molar-refractivity contribution in [1.29, 1.82) is 0 Å². The smallest absolute Gasteiger partial charge is 0.434 e. The Balaban J connectivity index is 4.77. The quantitative estimate of drug-likeness (QED) is 0.536. The van der Waals surface area contributed by atoms with Gasteiger partial charge in [0.2, 0.25) is 0 Å². The molecule has 1 nitrogen and oxygen atoms in total. The second-order valence-corrected chi connectivity index (χ2v) is 3.20. The van der Waals surface area contributed by atoms with Crippen molar-refractivity contribution in [3.8, 4) is 0 Å². The molecule has 0 bridgehead atoms. The summed E-state index contributed by atoms with van der Waals surface area (Å²) in [4.78, 5) is 0. The van der Waals surface area contributed by atoms with Crippen LogP contribution >= 0.6 is 0 Å². The maximum Gasteiger partial charge on any atom is 0.434 e. The molecule has 0 amide bonds. The van der Waals surface area contributed by atoms with Crippen molar-refractivity contribution in [3.05, 3.63) is 12.3 Å². The van der Waals surface area contributed by atoms with Gasteiger partial charge in [-0.05, 0) is 0 Å². The first kappa shape index (κ1) is 14.1. The highest BCUT2D eigenvalue weighted by Crippen LogP contribution is 2.37. The van der Waals surface area contributed by atoms with E-state index in [0.717, 1.165) is 0 Å². The molecule has 0 aromatic carbocycles. The van der Waals surface area contributed by atoms with Crippen LogP contribution in [-0.2, 0) is 4.74 Å². The molecule has 0 aromatic rings. The van der Waals surface area contributed by atoms with Crippen LogP contribution in [0.3, 0.4) is 0 Å². The van der Waals surface area contributed by atoms with Gasteiger partial charge in [-0.1, -0.05) is 20.4 Å². The largest absolute Gasteiger partial charge is 0.476 e. The fourth-order valence-corrected chi connectivity index (χ4v) is 0.607. The van der Waals surface area contributed by atoms with Crippen molar-refractivity contribution >= 4 is 0 Å². The fraction of sp³-hybridized carbons (Fsp3) is 0.750. The first-order valence-electron chi connectivity index (χ1n) is 3.95. The molecule has 0 aliphatic rings. The molecule has 15 heavy (non-hydrogen) atoms. The Morgan fingerprint density at radius 1 is 1.00 bits per heavy atom. The molecular weight excluding hydrogens is 226 g/mol. The molecule has 0 aromatic heterocycles. The highest BCUT2D eigenvalue weighted by molar-refractivity contribution is 4.91. The Labute approximate surface area is 82.7 Å². The summed E-state index contributed by atoms with van der Waals surface area (Å²) in [7, 11) is 0. The number of alkyl halides is 6. The van der Waals surface area contributed by atoms with E-state index in [9.17, 15) is 26.3 Å². The Morgan fingerprint density at radius 2 is 1.33 bits per heavy atom. The minimum absolute atomic E-state index is 0.547. The van der Waals surface area contributed by atoms with Crippen LogP contribution in [0.4, 0.5) is 26.3 Å². The highest BCUT2D eigenvalue weighted by Gasteiger charge is 2.59. The van der Waals surface area contributed by atoms with E-state index in [1.807, 2.05) is 0 Å². The average molecular weight is 236 g/mol. The molecule has 0 atom stereocenters. The van der Waals surface area contributed by atoms with Gasteiger partial charge < -0.3 is 4.74 Å². The van der Waals surface area contributed by atoms with Gasteiger partial charge in [-0.25, -0.2) is 0 Å². The van der Waals surface area contributed by atoms with Crippen LogP contribution in [0.15, 0.2) is 12.3 Å². The summed E-state index contributed by atoms with van der Waals surface area (Å²) in [6, 6.07) is 0. The summed E-state index contributed by atoms with van der Waals surface area (Å²) in [5.41, 5.74) is 0. The third-order valence-corrected chi connectivity index (χ3v) is 1.51. The molecule has 90 valence electrons. The number of hydrogen-bond acceptors (Lipinski definition) is 1. The topological polar surface area (TPSA) is 9.23 Å². The lowest BCUT2D eigenvalue weighted by Gasteiger charge is -2.25. The van der Waals surface area contributed by atoms with Crippen LogP contribution < -0.4 is 0 Å². The van der Waals surface area contributed by atoms with Crippen molar-refractivity contribution in [2.45, 2.75) is 32.3 Å². The van der Waals surface area contributed by atoms with Crippen molar-refractivity contribution < 1.29 is 31.1 Å². The monoisotopic (exact) mass is 236 g/mol. The minimum Gasteiger partial charge on any atom is -0.476 e. The van der Waals surface area contributed by atoms with E-state index in [2.05, 4.69) is 11.3 Å². The van der Waals surface area contributed by atoms with E-state index in [1.165, 1.54) is 13.8 Å². The Hall–Kier alpha value is -0.880. The second kappa shape index (κ2) is 4.32. The molecular formula is C8H10F6O. The number of halogens is 6. The molecule has 0 aliphatic heterocycles. The summed E-state index contributed by atoms with van der Waals surface area (Å²) in [5, 5.41) is 0. The molecule has 0 radical (unpaired) electrons. The van der Waals surface area contributed by atoms with Crippen LogP contribution in [0.5, 0.6) is 0 Å². The summed E-state index contributed by atoms with van der Waals surface area (Å²) in [6.45, 7) is 5.76. The normalized spacial score (nSPS) is 13.5. The first-order chi connectivity index (χ1) is 6.46. The molecule has 0 saturated carbocycles. The first-order valence-corrected chi connectivity index (χ1v) is 3.95. The van der Waals surface area contributed by atoms with E-state index in [0.29, 0.717) is 0 Å². The van der Waals surface area contributed by atoms with Crippen molar-refractivity contribution in [3.63, 3.8) is 0 Å². The predicted molar refractivity (Wildman–Crippen MR) is 41.0 cm³/mol. The standard InChI is InChI=1S/C8H10F6O/c1-4(2)5(3)15-6(7(9,10)11)8(12,13)14/h4,6H,3H2,1-2H3. The lowest BCUT2D eigenvalue weighted by molar-refractivity contribution is -0.314. The zero-order chi connectivity index (χ0) is 12.4. The number of allylic oxidation sites excluding steroid dienone is 1. The Bertz CT molecular complexity index is 212. The maximum absolute atomic E-state index is 12.0. The SMILES string of the molecule is C=C(OC(C(F)(F)F)C(F)(F)F)C(C)C. The minimum atomic E-state index is -5.49. The van der Waals surface area contributed by atoms with Gasteiger partial charge >= 0.3 is 12.4 Å². The van der Waals surface area contributed by atoms with E-state index in [1.54, 1.807) is 0 Å². The molecule has 0 unspecified atom stereocenters. The molecule has 0 rings (SSSR count). The lowest BCUT2D eigenvalue weighted by Crippen LogP contribution is -2.44. The van der Waals surface area contributed by atoms with E-state index in [-0.39, 0.29) is 0 Å². The van der Waals surface area contributed by atoms with Gasteiger partial charge in [-0.3, -0.25) is 0 Å². The molecule has 0 N–H and O–H groups in total. The van der Waals surface area contributed by atoms with Crippen LogP contribution in [0.1, 0.15) is 13.8 Å². The van der Waals surface area contributed by atoms with Crippen LogP contribution in [0.2, 0.25) is 0 Å². The van der Waals surface area contributed by atoms with Crippen molar-refractivity contribution in [1.82, 2.24) is 0 Å². The number of ether oxygens (including phenoxy) is 1. The van der Waals surface area contributed by atoms with Crippen LogP contribution in [-0.4, -0.2) is 18.5 Å². The van der Waals surface area contributed by atoms with Gasteiger partial charge in [0.25, 0.3) is 6.10 Å². The summed E-state index contributed by atoms with van der Waals surface area (Å²) in [5.74, 6) is -1.16. The third-order valence-electron chi connectivity index (χ3n) is 1.51. The molecule has 7 heteroatoms. The van der Waals surface area contributed by atoms with Gasteiger partial charge in [0.15, 0.2) is 0 Å². The van der Waals surface area contributed by atoms with E-state index in [4.69, 9.17) is 0 Å². The lowest BCUT2D eigenvalue weighted by atomic mass is 10.2. The zero-order valence-corrected chi connectivity index (χ0v) is 8.04. The van der Waals surface area contributed by atoms with Gasteiger partial charge in [0.1, 0.15) is 0 Å². The van der Waals surface area contributed by atoms with Gasteiger partial charge in [-0.15, -0.1) is 0 Å².